The molecule has 0 amide bonds. The molecular weight excluding hydrogens is 592 g/mol. The lowest BCUT2D eigenvalue weighted by Crippen LogP contribution is -2.17. The third-order valence-electron chi connectivity index (χ3n) is 9.16. The first-order valence-corrected chi connectivity index (χ1v) is 20.9. The second-order valence-corrected chi connectivity index (χ2v) is 14.3. The smallest absolute Gasteiger partial charge is 0.305 e. The maximum atomic E-state index is 12.2. The minimum Gasteiger partial charge on any atom is -0.498 e. The molecule has 282 valence electrons. The number of hydrogen-bond donors (Lipinski definition) is 0. The van der Waals surface area contributed by atoms with Crippen molar-refractivity contribution in [3.8, 4) is 0 Å². The monoisotopic (exact) mass is 675 g/mol. The molecule has 0 aromatic carbocycles. The van der Waals surface area contributed by atoms with Crippen molar-refractivity contribution in [3.63, 3.8) is 0 Å². The van der Waals surface area contributed by atoms with E-state index in [2.05, 4.69) is 58.6 Å². The molecule has 4 nitrogen and oxygen atoms in total. The van der Waals surface area contributed by atoms with Crippen molar-refractivity contribution >= 4 is 5.97 Å². The van der Waals surface area contributed by atoms with Crippen molar-refractivity contribution in [2.75, 3.05) is 19.8 Å². The van der Waals surface area contributed by atoms with E-state index in [9.17, 15) is 4.79 Å². The van der Waals surface area contributed by atoms with E-state index in [1.165, 1.54) is 128 Å². The molecule has 0 spiro atoms. The number of hydrogen-bond acceptors (Lipinski definition) is 4. The third kappa shape index (κ3) is 35.7. The fourth-order valence-corrected chi connectivity index (χ4v) is 5.86. The third-order valence-corrected chi connectivity index (χ3v) is 9.16. The molecule has 0 rings (SSSR count). The van der Waals surface area contributed by atoms with Crippen molar-refractivity contribution in [2.24, 2.45) is 5.92 Å². The van der Waals surface area contributed by atoms with Gasteiger partial charge in [-0.3, -0.25) is 4.79 Å². The van der Waals surface area contributed by atoms with Crippen LogP contribution in [0.25, 0.3) is 0 Å². The molecule has 0 N–H and O–H groups in total. The summed E-state index contributed by atoms with van der Waals surface area (Å²) in [6.45, 7) is 14.9. The van der Waals surface area contributed by atoms with Gasteiger partial charge in [0.05, 0.1) is 25.1 Å². The van der Waals surface area contributed by atoms with E-state index in [0.717, 1.165) is 57.3 Å². The van der Waals surface area contributed by atoms with Gasteiger partial charge in [-0.25, -0.2) is 0 Å². The van der Waals surface area contributed by atoms with Gasteiger partial charge in [-0.1, -0.05) is 168 Å². The van der Waals surface area contributed by atoms with Gasteiger partial charge in [0.25, 0.3) is 0 Å². The van der Waals surface area contributed by atoms with Gasteiger partial charge in [-0.15, -0.1) is 0 Å². The van der Waals surface area contributed by atoms with Crippen LogP contribution in [0.5, 0.6) is 0 Å². The topological polar surface area (TPSA) is 44.8 Å². The highest BCUT2D eigenvalue weighted by Gasteiger charge is 2.13. The quantitative estimate of drug-likeness (QED) is 0.0283. The Labute approximate surface area is 300 Å². The largest absolute Gasteiger partial charge is 0.498 e. The molecule has 0 aromatic rings. The van der Waals surface area contributed by atoms with E-state index in [0.29, 0.717) is 25.7 Å². The standard InChI is InChI=1S/C44H82O4/c1-6-9-12-15-18-19-20-21-22-23-24-25-27-29-32-35-44(45)48-40-41(4)39-47-42(5)36-37-43(34-31-28-26-16-13-10-7-2)46-38-33-30-17-14-11-8-3/h18-19,21-22,41,43H,5-17,20,23-40H2,1-4H3/b19-18-,22-21-. The number of unbranched alkanes of at least 4 members (excludes halogenated alkanes) is 19. The Bertz CT molecular complexity index is 724. The zero-order valence-electron chi connectivity index (χ0n) is 32.7. The van der Waals surface area contributed by atoms with Crippen LogP contribution in [0.4, 0.5) is 0 Å². The van der Waals surface area contributed by atoms with Crippen LogP contribution in [-0.4, -0.2) is 31.9 Å². The molecule has 0 aliphatic rings. The Kier molecular flexibility index (Phi) is 37.0. The maximum Gasteiger partial charge on any atom is 0.305 e. The van der Waals surface area contributed by atoms with E-state index < -0.39 is 0 Å². The molecule has 0 fully saturated rings. The predicted molar refractivity (Wildman–Crippen MR) is 210 cm³/mol. The molecule has 0 saturated carbocycles. The van der Waals surface area contributed by atoms with Crippen LogP contribution in [0.1, 0.15) is 207 Å². The average Bonchev–Trinajstić information content (AvgIpc) is 3.09. The summed E-state index contributed by atoms with van der Waals surface area (Å²) in [5, 5.41) is 0. The van der Waals surface area contributed by atoms with Gasteiger partial charge in [-0.05, 0) is 57.8 Å². The Morgan fingerprint density at radius 2 is 1.06 bits per heavy atom. The van der Waals surface area contributed by atoms with Crippen LogP contribution >= 0.6 is 0 Å². The molecule has 0 aliphatic carbocycles. The molecule has 0 aromatic heterocycles. The molecule has 0 saturated heterocycles. The Morgan fingerprint density at radius 1 is 0.562 bits per heavy atom. The highest BCUT2D eigenvalue weighted by molar-refractivity contribution is 5.69. The van der Waals surface area contributed by atoms with Crippen molar-refractivity contribution in [2.45, 2.75) is 214 Å². The maximum absolute atomic E-state index is 12.2. The second-order valence-electron chi connectivity index (χ2n) is 14.3. The van der Waals surface area contributed by atoms with Crippen LogP contribution in [-0.2, 0) is 19.0 Å². The summed E-state index contributed by atoms with van der Waals surface area (Å²) in [4.78, 5) is 12.2. The first kappa shape index (κ1) is 46.5. The van der Waals surface area contributed by atoms with Crippen LogP contribution in [0.2, 0.25) is 0 Å². The summed E-state index contributed by atoms with van der Waals surface area (Å²) in [6, 6.07) is 0. The SMILES string of the molecule is C=C(CCC(CCCCCCCCC)OCCCCCCCC)OCC(C)COC(=O)CCCCCCC/C=C\C/C=C\CCCCC. The van der Waals surface area contributed by atoms with Gasteiger partial charge in [0.2, 0.25) is 0 Å². The lowest BCUT2D eigenvalue weighted by atomic mass is 10.0. The zero-order valence-corrected chi connectivity index (χ0v) is 32.7. The fourth-order valence-electron chi connectivity index (χ4n) is 5.86. The highest BCUT2D eigenvalue weighted by Crippen LogP contribution is 2.19. The van der Waals surface area contributed by atoms with Gasteiger partial charge in [0.1, 0.15) is 0 Å². The second kappa shape index (κ2) is 38.3. The summed E-state index contributed by atoms with van der Waals surface area (Å²) in [6.07, 6.45) is 43.1. The Morgan fingerprint density at radius 3 is 1.71 bits per heavy atom. The summed E-state index contributed by atoms with van der Waals surface area (Å²) in [5.74, 6) is 0.899. The molecule has 0 aliphatic heterocycles. The zero-order chi connectivity index (χ0) is 35.2. The Balaban J connectivity index is 3.99. The van der Waals surface area contributed by atoms with E-state index in [1.54, 1.807) is 0 Å². The molecule has 48 heavy (non-hydrogen) atoms. The van der Waals surface area contributed by atoms with Crippen LogP contribution in [0.15, 0.2) is 36.6 Å². The molecule has 0 bridgehead atoms. The molecule has 0 radical (unpaired) electrons. The summed E-state index contributed by atoms with van der Waals surface area (Å²) in [5.41, 5.74) is 0. The van der Waals surface area contributed by atoms with E-state index in [1.807, 2.05) is 0 Å². The first-order chi connectivity index (χ1) is 23.5. The van der Waals surface area contributed by atoms with Crippen molar-refractivity contribution in [1.29, 1.82) is 0 Å². The van der Waals surface area contributed by atoms with E-state index in [4.69, 9.17) is 14.2 Å². The van der Waals surface area contributed by atoms with E-state index in [-0.39, 0.29) is 11.9 Å². The Hall–Kier alpha value is -1.55. The summed E-state index contributed by atoms with van der Waals surface area (Å²) >= 11 is 0. The van der Waals surface area contributed by atoms with Gasteiger partial charge in [-0.2, -0.15) is 0 Å². The number of carbonyl (C=O) groups excluding carboxylic acids is 1. The predicted octanol–water partition coefficient (Wildman–Crippen LogP) is 14.2. The summed E-state index contributed by atoms with van der Waals surface area (Å²) < 4.78 is 17.9. The number of esters is 1. The van der Waals surface area contributed by atoms with Gasteiger partial charge in [0.15, 0.2) is 0 Å². The first-order valence-electron chi connectivity index (χ1n) is 20.9. The van der Waals surface area contributed by atoms with Gasteiger partial charge < -0.3 is 14.2 Å². The highest BCUT2D eigenvalue weighted by atomic mass is 16.5. The molecule has 0 heterocycles. The number of carbonyl (C=O) groups is 1. The minimum absolute atomic E-state index is 0.0814. The van der Waals surface area contributed by atoms with Gasteiger partial charge >= 0.3 is 5.97 Å². The lowest BCUT2D eigenvalue weighted by molar-refractivity contribution is -0.145. The molecule has 4 heteroatoms. The van der Waals surface area contributed by atoms with Gasteiger partial charge in [0, 0.05) is 25.4 Å². The number of ether oxygens (including phenoxy) is 3. The molecule has 2 unspecified atom stereocenters. The molecule has 2 atom stereocenters. The number of allylic oxidation sites excluding steroid dienone is 5. The summed E-state index contributed by atoms with van der Waals surface area (Å²) in [7, 11) is 0. The number of rotatable bonds is 38. The van der Waals surface area contributed by atoms with Crippen molar-refractivity contribution in [1.82, 2.24) is 0 Å². The van der Waals surface area contributed by atoms with Crippen molar-refractivity contribution in [3.05, 3.63) is 36.6 Å². The van der Waals surface area contributed by atoms with Crippen LogP contribution in [0, 0.1) is 5.92 Å². The minimum atomic E-state index is -0.0814. The fraction of sp³-hybridized carbons (Fsp3) is 0.841. The van der Waals surface area contributed by atoms with E-state index >= 15 is 0 Å². The lowest BCUT2D eigenvalue weighted by Gasteiger charge is -2.20. The molecular formula is C44H82O4. The average molecular weight is 675 g/mol. The van der Waals surface area contributed by atoms with Crippen molar-refractivity contribution < 1.29 is 19.0 Å². The van der Waals surface area contributed by atoms with Crippen LogP contribution < -0.4 is 0 Å². The van der Waals surface area contributed by atoms with Crippen LogP contribution in [0.3, 0.4) is 0 Å². The normalized spacial score (nSPS) is 13.0.